The van der Waals surface area contributed by atoms with Crippen molar-refractivity contribution >= 4 is 66.3 Å². The molecule has 0 spiro atoms. The van der Waals surface area contributed by atoms with Gasteiger partial charge in [-0.3, -0.25) is 14.9 Å². The molecule has 0 aliphatic rings. The van der Waals surface area contributed by atoms with E-state index in [0.717, 1.165) is 17.3 Å². The number of non-ortho nitro benzene ring substituents is 1. The molecule has 0 saturated carbocycles. The first-order valence-corrected chi connectivity index (χ1v) is 13.9. The fourth-order valence-corrected chi connectivity index (χ4v) is 4.85. The molecule has 1 heterocycles. The maximum absolute atomic E-state index is 13.4. The summed E-state index contributed by atoms with van der Waals surface area (Å²) in [6.07, 6.45) is 3.88. The highest BCUT2D eigenvalue weighted by Crippen LogP contribution is 2.42. The fourth-order valence-electron chi connectivity index (χ4n) is 3.83. The fraction of sp³-hybridized carbons (Fsp3) is 0.222. The molecule has 0 aliphatic heterocycles. The van der Waals surface area contributed by atoms with Crippen molar-refractivity contribution in [1.29, 1.82) is 0 Å². The standard InChI is InChI=1S/C27H23Br2ClN4O5/c1-3-4-8-23-32-21-10-9-18(28)13-20(21)27(35)33(23)31-14-17-12-22(38-2)26(25(30)24(17)29)39-15-16-6-5-7-19(11-16)34(36)37/h5-7,9-14H,3-4,8,15H2,1-2H3. The van der Waals surface area contributed by atoms with Crippen LogP contribution in [0.5, 0.6) is 11.5 Å². The number of hydrogen-bond donors (Lipinski definition) is 0. The molecule has 0 radical (unpaired) electrons. The van der Waals surface area contributed by atoms with E-state index in [2.05, 4.69) is 48.9 Å². The number of hydrogen-bond acceptors (Lipinski definition) is 7. The van der Waals surface area contributed by atoms with Crippen molar-refractivity contribution in [2.24, 2.45) is 5.10 Å². The molecule has 0 atom stereocenters. The zero-order chi connectivity index (χ0) is 28.1. The Bertz CT molecular complexity index is 1640. The summed E-state index contributed by atoms with van der Waals surface area (Å²) in [5.41, 5.74) is 1.43. The van der Waals surface area contributed by atoms with Gasteiger partial charge in [0.25, 0.3) is 11.2 Å². The van der Waals surface area contributed by atoms with Crippen LogP contribution in [-0.4, -0.2) is 27.9 Å². The number of nitro benzene ring substituents is 1. The van der Waals surface area contributed by atoms with Gasteiger partial charge in [-0.25, -0.2) is 4.98 Å². The van der Waals surface area contributed by atoms with Gasteiger partial charge < -0.3 is 9.47 Å². The van der Waals surface area contributed by atoms with Gasteiger partial charge in [0, 0.05) is 33.1 Å². The van der Waals surface area contributed by atoms with Gasteiger partial charge in [0.1, 0.15) is 17.5 Å². The van der Waals surface area contributed by atoms with Crippen LogP contribution in [0.25, 0.3) is 10.9 Å². The number of benzene rings is 3. The number of aromatic nitrogens is 2. The van der Waals surface area contributed by atoms with E-state index in [1.54, 1.807) is 30.3 Å². The Kier molecular flexibility index (Phi) is 9.36. The topological polar surface area (TPSA) is 109 Å². The second-order valence-corrected chi connectivity index (χ2v) is 10.6. The first-order valence-electron chi connectivity index (χ1n) is 11.9. The summed E-state index contributed by atoms with van der Waals surface area (Å²) < 4.78 is 14.0. The van der Waals surface area contributed by atoms with Crippen LogP contribution in [-0.2, 0) is 13.0 Å². The lowest BCUT2D eigenvalue weighted by Gasteiger charge is -2.15. The van der Waals surface area contributed by atoms with Crippen LogP contribution in [0.4, 0.5) is 5.69 Å². The summed E-state index contributed by atoms with van der Waals surface area (Å²) in [5, 5.41) is 16.2. The molecule has 202 valence electrons. The Morgan fingerprint density at radius 2 is 2.00 bits per heavy atom. The zero-order valence-electron chi connectivity index (χ0n) is 21.0. The Balaban J connectivity index is 1.70. The molecule has 0 bridgehead atoms. The van der Waals surface area contributed by atoms with Crippen LogP contribution in [0.3, 0.4) is 0 Å². The molecule has 4 rings (SSSR count). The summed E-state index contributed by atoms with van der Waals surface area (Å²) in [4.78, 5) is 28.7. The number of unbranched alkanes of at least 4 members (excludes halogenated alkanes) is 1. The summed E-state index contributed by atoms with van der Waals surface area (Å²) in [5.74, 6) is 1.14. The quantitative estimate of drug-likeness (QED) is 0.0990. The van der Waals surface area contributed by atoms with Gasteiger partial charge in [0.05, 0.1) is 29.2 Å². The Morgan fingerprint density at radius 1 is 1.21 bits per heavy atom. The van der Waals surface area contributed by atoms with Crippen LogP contribution >= 0.6 is 43.5 Å². The Hall–Kier alpha value is -3.28. The normalized spacial score (nSPS) is 11.3. The van der Waals surface area contributed by atoms with E-state index in [-0.39, 0.29) is 28.6 Å². The minimum atomic E-state index is -0.468. The van der Waals surface area contributed by atoms with E-state index in [1.165, 1.54) is 30.1 Å². The van der Waals surface area contributed by atoms with E-state index in [0.29, 0.717) is 44.5 Å². The van der Waals surface area contributed by atoms with Crippen LogP contribution in [0.1, 0.15) is 36.7 Å². The van der Waals surface area contributed by atoms with Gasteiger partial charge in [0.15, 0.2) is 11.5 Å². The number of nitrogens with zero attached hydrogens (tertiary/aromatic N) is 4. The Labute approximate surface area is 245 Å². The average Bonchev–Trinajstić information content (AvgIpc) is 2.93. The highest BCUT2D eigenvalue weighted by molar-refractivity contribution is 9.10. The van der Waals surface area contributed by atoms with Gasteiger partial charge in [-0.2, -0.15) is 9.78 Å². The molecule has 0 N–H and O–H groups in total. The van der Waals surface area contributed by atoms with E-state index in [1.807, 2.05) is 6.07 Å². The van der Waals surface area contributed by atoms with Crippen LogP contribution < -0.4 is 15.0 Å². The number of rotatable bonds is 10. The maximum atomic E-state index is 13.4. The zero-order valence-corrected chi connectivity index (χ0v) is 24.9. The monoisotopic (exact) mass is 676 g/mol. The number of fused-ring (bicyclic) bond motifs is 1. The molecule has 0 unspecified atom stereocenters. The van der Waals surface area contributed by atoms with E-state index >= 15 is 0 Å². The van der Waals surface area contributed by atoms with E-state index in [9.17, 15) is 14.9 Å². The largest absolute Gasteiger partial charge is 0.493 e. The number of ether oxygens (including phenoxy) is 2. The summed E-state index contributed by atoms with van der Waals surface area (Å²) in [6.45, 7) is 2.10. The number of methoxy groups -OCH3 is 1. The minimum absolute atomic E-state index is 0.0339. The predicted octanol–water partition coefficient (Wildman–Crippen LogP) is 7.30. The van der Waals surface area contributed by atoms with Crippen molar-refractivity contribution in [3.05, 3.63) is 99.9 Å². The van der Waals surface area contributed by atoms with Crippen molar-refractivity contribution < 1.29 is 14.4 Å². The molecule has 39 heavy (non-hydrogen) atoms. The maximum Gasteiger partial charge on any atom is 0.282 e. The molecule has 4 aromatic rings. The summed E-state index contributed by atoms with van der Waals surface area (Å²) >= 11 is 13.5. The second kappa shape index (κ2) is 12.7. The van der Waals surface area contributed by atoms with Crippen LogP contribution in [0.2, 0.25) is 5.02 Å². The van der Waals surface area contributed by atoms with E-state index < -0.39 is 4.92 Å². The molecule has 12 heteroatoms. The third-order valence-corrected chi connectivity index (χ3v) is 7.76. The SMILES string of the molecule is CCCCc1nc2ccc(Br)cc2c(=O)n1N=Cc1cc(OC)c(OCc2cccc([N+](=O)[O-])c2)c(Cl)c1Br. The third kappa shape index (κ3) is 6.48. The summed E-state index contributed by atoms with van der Waals surface area (Å²) in [6, 6.07) is 13.2. The van der Waals surface area contributed by atoms with Crippen molar-refractivity contribution in [3.63, 3.8) is 0 Å². The second-order valence-electron chi connectivity index (χ2n) is 8.50. The van der Waals surface area contributed by atoms with Gasteiger partial charge in [0.2, 0.25) is 0 Å². The van der Waals surface area contributed by atoms with Gasteiger partial charge >= 0.3 is 0 Å². The minimum Gasteiger partial charge on any atom is -0.493 e. The molecule has 0 aliphatic carbocycles. The van der Waals surface area contributed by atoms with Gasteiger partial charge in [-0.05, 0) is 52.2 Å². The smallest absolute Gasteiger partial charge is 0.282 e. The molecule has 9 nitrogen and oxygen atoms in total. The van der Waals surface area contributed by atoms with Crippen molar-refractivity contribution in [3.8, 4) is 11.5 Å². The van der Waals surface area contributed by atoms with Crippen LogP contribution in [0.15, 0.2) is 67.4 Å². The van der Waals surface area contributed by atoms with Crippen LogP contribution in [0, 0.1) is 10.1 Å². The number of aryl methyl sites for hydroxylation is 1. The highest BCUT2D eigenvalue weighted by Gasteiger charge is 2.18. The molecule has 0 amide bonds. The van der Waals surface area contributed by atoms with Gasteiger partial charge in [-0.1, -0.05) is 53.0 Å². The first kappa shape index (κ1) is 28.7. The molecule has 0 saturated heterocycles. The predicted molar refractivity (Wildman–Crippen MR) is 158 cm³/mol. The average molecular weight is 679 g/mol. The van der Waals surface area contributed by atoms with Crippen molar-refractivity contribution in [2.45, 2.75) is 32.8 Å². The lowest BCUT2D eigenvalue weighted by atomic mass is 10.2. The Morgan fingerprint density at radius 3 is 2.72 bits per heavy atom. The molecule has 3 aromatic carbocycles. The highest BCUT2D eigenvalue weighted by atomic mass is 79.9. The third-order valence-electron chi connectivity index (χ3n) is 5.82. The molecular weight excluding hydrogens is 656 g/mol. The lowest BCUT2D eigenvalue weighted by Crippen LogP contribution is -2.22. The molecule has 0 fully saturated rings. The number of nitro groups is 1. The van der Waals surface area contributed by atoms with Crippen molar-refractivity contribution in [1.82, 2.24) is 9.66 Å². The van der Waals surface area contributed by atoms with Crippen molar-refractivity contribution in [2.75, 3.05) is 7.11 Å². The van der Waals surface area contributed by atoms with E-state index in [4.69, 9.17) is 21.1 Å². The molecule has 1 aromatic heterocycles. The molecular formula is C27H23Br2ClN4O5. The lowest BCUT2D eigenvalue weighted by molar-refractivity contribution is -0.384. The number of halogens is 3. The summed E-state index contributed by atoms with van der Waals surface area (Å²) in [7, 11) is 1.47. The van der Waals surface area contributed by atoms with Gasteiger partial charge in [-0.15, -0.1) is 0 Å². The first-order chi connectivity index (χ1) is 18.7.